The third-order valence-electron chi connectivity index (χ3n) is 3.69. The monoisotopic (exact) mass is 352 g/mol. The Labute approximate surface area is 147 Å². The van der Waals surface area contributed by atoms with Crippen molar-refractivity contribution in [2.45, 2.75) is 6.92 Å². The number of halogens is 1. The predicted octanol–water partition coefficient (Wildman–Crippen LogP) is 3.97. The van der Waals surface area contributed by atoms with Gasteiger partial charge in [0.15, 0.2) is 5.58 Å². The van der Waals surface area contributed by atoms with Gasteiger partial charge in [0, 0.05) is 29.7 Å². The van der Waals surface area contributed by atoms with E-state index in [4.69, 9.17) is 21.8 Å². The van der Waals surface area contributed by atoms with Gasteiger partial charge in [-0.3, -0.25) is 9.97 Å². The molecule has 4 aromatic rings. The smallest absolute Gasteiger partial charge is 0.215 e. The summed E-state index contributed by atoms with van der Waals surface area (Å²) in [7, 11) is 0. The minimum atomic E-state index is 0.241. The van der Waals surface area contributed by atoms with Crippen molar-refractivity contribution in [2.24, 2.45) is 0 Å². The Kier molecular flexibility index (Phi) is 3.70. The lowest BCUT2D eigenvalue weighted by Gasteiger charge is -2.05. The maximum atomic E-state index is 6.07. The van der Waals surface area contributed by atoms with Crippen LogP contribution in [0.25, 0.3) is 22.2 Å². The van der Waals surface area contributed by atoms with Crippen LogP contribution in [0.1, 0.15) is 5.69 Å². The van der Waals surface area contributed by atoms with E-state index in [9.17, 15) is 0 Å². The van der Waals surface area contributed by atoms with Gasteiger partial charge in [-0.2, -0.15) is 0 Å². The van der Waals surface area contributed by atoms with Crippen LogP contribution >= 0.6 is 11.6 Å². The molecule has 7 nitrogen and oxygen atoms in total. The number of nitrogen functional groups attached to an aromatic ring is 1. The minimum absolute atomic E-state index is 0.241. The Morgan fingerprint density at radius 2 is 1.92 bits per heavy atom. The molecule has 0 bridgehead atoms. The normalized spacial score (nSPS) is 11.0. The Bertz CT molecular complexity index is 1080. The molecule has 0 atom stereocenters. The first-order valence-corrected chi connectivity index (χ1v) is 7.84. The Balaban J connectivity index is 1.85. The third-order valence-corrected chi connectivity index (χ3v) is 3.90. The Hall–Kier alpha value is -3.19. The summed E-state index contributed by atoms with van der Waals surface area (Å²) in [5.41, 5.74) is 9.77. The van der Waals surface area contributed by atoms with Gasteiger partial charge >= 0.3 is 0 Å². The zero-order valence-electron chi connectivity index (χ0n) is 13.2. The fraction of sp³-hybridized carbons (Fsp3) is 0.0588. The van der Waals surface area contributed by atoms with Gasteiger partial charge in [-0.25, -0.2) is 9.97 Å². The van der Waals surface area contributed by atoms with Crippen molar-refractivity contribution in [1.29, 1.82) is 0 Å². The van der Waals surface area contributed by atoms with E-state index >= 15 is 0 Å². The Morgan fingerprint density at radius 1 is 1.08 bits per heavy atom. The summed E-state index contributed by atoms with van der Waals surface area (Å²) in [4.78, 5) is 16.6. The number of hydrogen-bond acceptors (Lipinski definition) is 7. The minimum Gasteiger partial charge on any atom is -0.436 e. The molecule has 8 heteroatoms. The van der Waals surface area contributed by atoms with E-state index in [1.165, 1.54) is 6.33 Å². The maximum absolute atomic E-state index is 6.07. The highest BCUT2D eigenvalue weighted by atomic mass is 35.5. The number of aryl methyl sites for hydroxylation is 1. The van der Waals surface area contributed by atoms with Crippen molar-refractivity contribution >= 4 is 40.0 Å². The highest BCUT2D eigenvalue weighted by Gasteiger charge is 2.17. The van der Waals surface area contributed by atoms with Crippen molar-refractivity contribution in [1.82, 2.24) is 19.9 Å². The fourth-order valence-corrected chi connectivity index (χ4v) is 2.75. The van der Waals surface area contributed by atoms with Gasteiger partial charge < -0.3 is 15.5 Å². The second-order valence-electron chi connectivity index (χ2n) is 5.41. The number of anilines is 3. The standard InChI is InChI=1S/C17H13ClN6O/c1-9-6-10(2-4-20-9)14-16-11(3-5-21-14)15(17(19)25-16)24-13-7-12(18)22-8-23-13/h2-8H,19H2,1H3,(H,22,23,24). The molecule has 25 heavy (non-hydrogen) atoms. The van der Waals surface area contributed by atoms with Crippen LogP contribution in [0.5, 0.6) is 0 Å². The molecule has 0 aliphatic heterocycles. The SMILES string of the molecule is Cc1cc(-c2nccc3c(Nc4cc(Cl)ncn4)c(N)oc23)ccn1. The van der Waals surface area contributed by atoms with Gasteiger partial charge in [-0.15, -0.1) is 0 Å². The second kappa shape index (κ2) is 6.03. The average Bonchev–Trinajstić information content (AvgIpc) is 2.91. The molecule has 4 aromatic heterocycles. The van der Waals surface area contributed by atoms with Crippen LogP contribution < -0.4 is 11.1 Å². The van der Waals surface area contributed by atoms with Crippen LogP contribution in [0.2, 0.25) is 5.15 Å². The molecule has 0 fully saturated rings. The van der Waals surface area contributed by atoms with E-state index in [1.807, 2.05) is 25.1 Å². The lowest BCUT2D eigenvalue weighted by molar-refractivity contribution is 0.637. The molecule has 0 radical (unpaired) electrons. The van der Waals surface area contributed by atoms with E-state index in [0.29, 0.717) is 27.9 Å². The molecule has 0 saturated carbocycles. The molecule has 0 aliphatic rings. The van der Waals surface area contributed by atoms with Gasteiger partial charge in [-0.05, 0) is 25.1 Å². The van der Waals surface area contributed by atoms with E-state index in [-0.39, 0.29) is 5.88 Å². The molecule has 3 N–H and O–H groups in total. The van der Waals surface area contributed by atoms with Gasteiger partial charge in [-0.1, -0.05) is 11.6 Å². The number of aromatic nitrogens is 4. The Morgan fingerprint density at radius 3 is 2.72 bits per heavy atom. The quantitative estimate of drug-likeness (QED) is 0.538. The fourth-order valence-electron chi connectivity index (χ4n) is 2.60. The molecule has 0 spiro atoms. The van der Waals surface area contributed by atoms with Gasteiger partial charge in [0.05, 0.1) is 5.39 Å². The average molecular weight is 353 g/mol. The molecule has 4 rings (SSSR count). The first-order valence-electron chi connectivity index (χ1n) is 7.46. The second-order valence-corrected chi connectivity index (χ2v) is 5.80. The topological polar surface area (TPSA) is 103 Å². The number of hydrogen-bond donors (Lipinski definition) is 2. The molecule has 124 valence electrons. The molecule has 0 amide bonds. The zero-order chi connectivity index (χ0) is 17.4. The molecule has 0 unspecified atom stereocenters. The number of pyridine rings is 2. The van der Waals surface area contributed by atoms with E-state index in [1.54, 1.807) is 18.5 Å². The van der Waals surface area contributed by atoms with Crippen LogP contribution in [-0.2, 0) is 0 Å². The van der Waals surface area contributed by atoms with Crippen LogP contribution in [0.4, 0.5) is 17.4 Å². The van der Waals surface area contributed by atoms with Crippen molar-refractivity contribution < 1.29 is 4.42 Å². The van der Waals surface area contributed by atoms with Crippen molar-refractivity contribution in [3.63, 3.8) is 0 Å². The van der Waals surface area contributed by atoms with Crippen LogP contribution in [0.3, 0.4) is 0 Å². The molecular weight excluding hydrogens is 340 g/mol. The van der Waals surface area contributed by atoms with Crippen molar-refractivity contribution in [2.75, 3.05) is 11.1 Å². The number of rotatable bonds is 3. The highest BCUT2D eigenvalue weighted by Crippen LogP contribution is 2.38. The molecule has 0 aliphatic carbocycles. The first-order chi connectivity index (χ1) is 12.1. The summed E-state index contributed by atoms with van der Waals surface area (Å²) < 4.78 is 5.78. The van der Waals surface area contributed by atoms with Crippen molar-refractivity contribution in [3.05, 3.63) is 53.8 Å². The van der Waals surface area contributed by atoms with E-state index in [0.717, 1.165) is 16.6 Å². The summed E-state index contributed by atoms with van der Waals surface area (Å²) in [6, 6.07) is 7.26. The third kappa shape index (κ3) is 2.85. The number of nitrogens with one attached hydrogen (secondary N) is 1. The summed E-state index contributed by atoms with van der Waals surface area (Å²) in [5, 5.41) is 4.26. The van der Waals surface area contributed by atoms with Crippen molar-refractivity contribution in [3.8, 4) is 11.3 Å². The van der Waals surface area contributed by atoms with Crippen LogP contribution in [-0.4, -0.2) is 19.9 Å². The summed E-state index contributed by atoms with van der Waals surface area (Å²) in [5.74, 6) is 0.761. The number of nitrogens with two attached hydrogens (primary N) is 1. The number of nitrogens with zero attached hydrogens (tertiary/aromatic N) is 4. The van der Waals surface area contributed by atoms with Gasteiger partial charge in [0.25, 0.3) is 0 Å². The lowest BCUT2D eigenvalue weighted by Crippen LogP contribution is -1.96. The zero-order valence-corrected chi connectivity index (χ0v) is 13.9. The molecular formula is C17H13ClN6O. The van der Waals surface area contributed by atoms with E-state index in [2.05, 4.69) is 25.3 Å². The summed E-state index contributed by atoms with van der Waals surface area (Å²) in [6.07, 6.45) is 4.82. The maximum Gasteiger partial charge on any atom is 0.215 e. The molecule has 4 heterocycles. The summed E-state index contributed by atoms with van der Waals surface area (Å²) in [6.45, 7) is 1.92. The highest BCUT2D eigenvalue weighted by molar-refractivity contribution is 6.29. The van der Waals surface area contributed by atoms with E-state index < -0.39 is 0 Å². The van der Waals surface area contributed by atoms with Gasteiger partial charge in [0.2, 0.25) is 5.88 Å². The predicted molar refractivity (Wildman–Crippen MR) is 96.7 cm³/mol. The largest absolute Gasteiger partial charge is 0.436 e. The number of furan rings is 1. The van der Waals surface area contributed by atoms with Crippen LogP contribution in [0.15, 0.2) is 47.4 Å². The lowest BCUT2D eigenvalue weighted by atomic mass is 10.1. The molecule has 0 aromatic carbocycles. The summed E-state index contributed by atoms with van der Waals surface area (Å²) >= 11 is 5.90. The number of fused-ring (bicyclic) bond motifs is 1. The van der Waals surface area contributed by atoms with Gasteiger partial charge in [0.1, 0.15) is 28.7 Å². The van der Waals surface area contributed by atoms with Crippen LogP contribution in [0, 0.1) is 6.92 Å². The first kappa shape index (κ1) is 15.3. The molecule has 0 saturated heterocycles.